The number of halogens is 1. The molecule has 0 aliphatic carbocycles. The number of amides is 1. The molecule has 4 aliphatic heterocycles. The maximum absolute atomic E-state index is 14.3. The minimum atomic E-state index is -1.40. The third-order valence-electron chi connectivity index (χ3n) is 6.74. The van der Waals surface area contributed by atoms with E-state index in [1.54, 1.807) is 12.1 Å². The predicted molar refractivity (Wildman–Crippen MR) is 136 cm³/mol. The summed E-state index contributed by atoms with van der Waals surface area (Å²) in [6, 6.07) is 8.40. The number of hydrogen-bond donors (Lipinski definition) is 1. The van der Waals surface area contributed by atoms with Gasteiger partial charge in [0, 0.05) is 32.7 Å². The minimum Gasteiger partial charge on any atom is -0.352 e. The van der Waals surface area contributed by atoms with E-state index in [1.165, 1.54) is 38.2 Å². The van der Waals surface area contributed by atoms with Crippen LogP contribution in [0.2, 0.25) is 0 Å². The summed E-state index contributed by atoms with van der Waals surface area (Å²) < 4.78 is 29.4. The molecule has 6 rings (SSSR count). The van der Waals surface area contributed by atoms with Gasteiger partial charge >= 0.3 is 0 Å². The molecule has 1 atom stereocenters. The van der Waals surface area contributed by atoms with Gasteiger partial charge in [0.2, 0.25) is 0 Å². The van der Waals surface area contributed by atoms with E-state index in [0.717, 1.165) is 37.7 Å². The second kappa shape index (κ2) is 13.1. The summed E-state index contributed by atoms with van der Waals surface area (Å²) in [7, 11) is -1.40. The minimum absolute atomic E-state index is 0.191. The first-order chi connectivity index (χ1) is 17.1. The van der Waals surface area contributed by atoms with Gasteiger partial charge in [0.1, 0.15) is 16.8 Å². The second-order valence-corrected chi connectivity index (χ2v) is 10.9. The maximum Gasteiger partial charge on any atom is 0.271 e. The highest BCUT2D eigenvalue weighted by Gasteiger charge is 2.24. The van der Waals surface area contributed by atoms with Gasteiger partial charge in [-0.05, 0) is 55.2 Å². The third-order valence-corrected chi connectivity index (χ3v) is 8.21. The molecule has 35 heavy (non-hydrogen) atoms. The molecule has 6 bridgehead atoms. The Bertz CT molecular complexity index is 996. The molecule has 0 spiro atoms. The van der Waals surface area contributed by atoms with Gasteiger partial charge in [0.05, 0.1) is 4.90 Å². The first-order valence-corrected chi connectivity index (χ1v) is 14.0. The standard InChI is InChI=1S/C26H36FN5O2S/c27-22-18-21-10-8-6-4-2-1-3-5-7-9-13-28-26(33)24-11-12-25(30-29-24)31-14-16-32(17-15-31)35(34)23(19-21)20-22/h11-12,18-20H,1-10,13-17H2,(H,28,33). The molecule has 1 aromatic heterocycles. The van der Waals surface area contributed by atoms with Crippen molar-refractivity contribution < 1.29 is 13.4 Å². The number of anilines is 1. The number of fused-ring (bicyclic) bond motifs is 2. The lowest BCUT2D eigenvalue weighted by Gasteiger charge is -2.34. The monoisotopic (exact) mass is 501 g/mol. The van der Waals surface area contributed by atoms with Crippen LogP contribution in [-0.4, -0.2) is 57.3 Å². The van der Waals surface area contributed by atoms with Crippen molar-refractivity contribution in [1.29, 1.82) is 0 Å². The Labute approximate surface area is 210 Å². The van der Waals surface area contributed by atoms with Crippen molar-refractivity contribution in [3.63, 3.8) is 0 Å². The Kier molecular flexibility index (Phi) is 9.59. The molecule has 1 unspecified atom stereocenters. The zero-order chi connectivity index (χ0) is 24.5. The summed E-state index contributed by atoms with van der Waals surface area (Å²) in [5.74, 6) is 0.191. The van der Waals surface area contributed by atoms with E-state index in [-0.39, 0.29) is 11.7 Å². The summed E-state index contributed by atoms with van der Waals surface area (Å²) in [6.45, 7) is 3.07. The van der Waals surface area contributed by atoms with Gasteiger partial charge in [0.25, 0.3) is 5.91 Å². The van der Waals surface area contributed by atoms with Crippen LogP contribution in [0.3, 0.4) is 0 Å². The molecule has 190 valence electrons. The third kappa shape index (κ3) is 7.54. The van der Waals surface area contributed by atoms with Crippen LogP contribution in [0.5, 0.6) is 0 Å². The molecule has 1 amide bonds. The number of rotatable bonds is 0. The van der Waals surface area contributed by atoms with Crippen LogP contribution >= 0.6 is 0 Å². The van der Waals surface area contributed by atoms with Gasteiger partial charge in [-0.1, -0.05) is 44.9 Å². The quantitative estimate of drug-likeness (QED) is 0.584. The number of carbonyl (C=O) groups is 1. The number of aryl methyl sites for hydroxylation is 1. The molecule has 9 heteroatoms. The lowest BCUT2D eigenvalue weighted by molar-refractivity contribution is 0.0947. The highest BCUT2D eigenvalue weighted by molar-refractivity contribution is 7.82. The Morgan fingerprint density at radius 2 is 1.51 bits per heavy atom. The molecule has 1 aromatic carbocycles. The van der Waals surface area contributed by atoms with Crippen molar-refractivity contribution in [2.24, 2.45) is 0 Å². The SMILES string of the molecule is O=C1NCCCCCCCCCCCc2cc(F)cc(c2)S(=O)N2CCN(CC2)c2ccc1nn2. The Hall–Kier alpha value is -2.39. The van der Waals surface area contributed by atoms with Gasteiger partial charge in [-0.25, -0.2) is 12.9 Å². The molecule has 1 N–H and O–H groups in total. The average Bonchev–Trinajstić information content (AvgIpc) is 2.88. The highest BCUT2D eigenvalue weighted by Crippen LogP contribution is 2.21. The lowest BCUT2D eigenvalue weighted by atomic mass is 10.0. The van der Waals surface area contributed by atoms with Crippen molar-refractivity contribution in [3.05, 3.63) is 47.4 Å². The topological polar surface area (TPSA) is 78.4 Å². The van der Waals surface area contributed by atoms with Crippen LogP contribution in [0.1, 0.15) is 73.8 Å². The van der Waals surface area contributed by atoms with Gasteiger partial charge < -0.3 is 10.2 Å². The van der Waals surface area contributed by atoms with Crippen molar-refractivity contribution in [1.82, 2.24) is 19.8 Å². The second-order valence-electron chi connectivity index (χ2n) is 9.43. The van der Waals surface area contributed by atoms with E-state index in [0.29, 0.717) is 49.1 Å². The average molecular weight is 502 g/mol. The van der Waals surface area contributed by atoms with Gasteiger partial charge in [-0.2, -0.15) is 0 Å². The number of nitrogens with one attached hydrogen (secondary N) is 1. The smallest absolute Gasteiger partial charge is 0.271 e. The molecule has 1 fully saturated rings. The van der Waals surface area contributed by atoms with Crippen LogP contribution in [-0.2, 0) is 17.4 Å². The van der Waals surface area contributed by atoms with Crippen LogP contribution < -0.4 is 10.2 Å². The maximum atomic E-state index is 14.3. The molecule has 0 radical (unpaired) electrons. The largest absolute Gasteiger partial charge is 0.352 e. The summed E-state index contributed by atoms with van der Waals surface area (Å²) >= 11 is 0. The van der Waals surface area contributed by atoms with E-state index >= 15 is 0 Å². The molecular weight excluding hydrogens is 465 g/mol. The Balaban J connectivity index is 1.43. The fourth-order valence-corrected chi connectivity index (χ4v) is 5.96. The molecule has 5 heterocycles. The van der Waals surface area contributed by atoms with Crippen molar-refractivity contribution in [3.8, 4) is 0 Å². The zero-order valence-electron chi connectivity index (χ0n) is 20.4. The molecule has 1 saturated heterocycles. The van der Waals surface area contributed by atoms with Crippen LogP contribution in [0.15, 0.2) is 35.2 Å². The van der Waals surface area contributed by atoms with E-state index in [4.69, 9.17) is 0 Å². The normalized spacial score (nSPS) is 23.3. The Morgan fingerprint density at radius 1 is 0.829 bits per heavy atom. The summed E-state index contributed by atoms with van der Waals surface area (Å²) in [4.78, 5) is 15.0. The summed E-state index contributed by atoms with van der Waals surface area (Å²) in [6.07, 6.45) is 11.1. The van der Waals surface area contributed by atoms with Crippen molar-refractivity contribution in [2.75, 3.05) is 37.6 Å². The number of carbonyl (C=O) groups excluding carboxylic acids is 1. The van der Waals surface area contributed by atoms with Crippen LogP contribution in [0.4, 0.5) is 10.2 Å². The number of aromatic nitrogens is 2. The predicted octanol–water partition coefficient (Wildman–Crippen LogP) is 4.26. The fourth-order valence-electron chi connectivity index (χ4n) is 4.70. The van der Waals surface area contributed by atoms with Gasteiger partial charge in [-0.15, -0.1) is 10.2 Å². The number of nitrogens with zero attached hydrogens (tertiary/aromatic N) is 4. The van der Waals surface area contributed by atoms with Gasteiger partial charge in [0.15, 0.2) is 11.5 Å². The zero-order valence-corrected chi connectivity index (χ0v) is 21.2. The summed E-state index contributed by atoms with van der Waals surface area (Å²) in [5.41, 5.74) is 1.25. The van der Waals surface area contributed by atoms with Crippen molar-refractivity contribution >= 4 is 22.7 Å². The fraction of sp³-hybridized carbons (Fsp3) is 0.577. The van der Waals surface area contributed by atoms with Crippen LogP contribution in [0, 0.1) is 5.82 Å². The lowest BCUT2D eigenvalue weighted by Crippen LogP contribution is -2.47. The molecule has 7 nitrogen and oxygen atoms in total. The van der Waals surface area contributed by atoms with Crippen LogP contribution in [0.25, 0.3) is 0 Å². The number of hydrogen-bond acceptors (Lipinski definition) is 5. The van der Waals surface area contributed by atoms with Gasteiger partial charge in [-0.3, -0.25) is 4.79 Å². The van der Waals surface area contributed by atoms with E-state index in [1.807, 2.05) is 16.4 Å². The molecule has 2 aromatic rings. The molecule has 0 saturated carbocycles. The number of benzene rings is 1. The first kappa shape index (κ1) is 25.7. The molecular formula is C26H36FN5O2S. The van der Waals surface area contributed by atoms with E-state index < -0.39 is 11.0 Å². The molecule has 4 aliphatic rings. The highest BCUT2D eigenvalue weighted by atomic mass is 32.2. The number of piperazine rings is 1. The summed E-state index contributed by atoms with van der Waals surface area (Å²) in [5, 5.41) is 11.3. The Morgan fingerprint density at radius 3 is 2.20 bits per heavy atom. The van der Waals surface area contributed by atoms with E-state index in [9.17, 15) is 13.4 Å². The van der Waals surface area contributed by atoms with Crippen molar-refractivity contribution in [2.45, 2.75) is 69.1 Å². The van der Waals surface area contributed by atoms with E-state index in [2.05, 4.69) is 20.4 Å². The first-order valence-electron chi connectivity index (χ1n) is 12.9.